The van der Waals surface area contributed by atoms with E-state index in [1.807, 2.05) is 0 Å². The van der Waals surface area contributed by atoms with Crippen LogP contribution < -0.4 is 4.72 Å². The smallest absolute Gasteiger partial charge is 0.321 e. The van der Waals surface area contributed by atoms with E-state index in [9.17, 15) is 13.2 Å². The second-order valence-corrected chi connectivity index (χ2v) is 5.90. The Morgan fingerprint density at radius 2 is 2.20 bits per heavy atom. The molecule has 0 saturated heterocycles. The molecule has 1 aromatic heterocycles. The maximum atomic E-state index is 11.7. The second kappa shape index (κ2) is 4.30. The molecule has 0 aliphatic heterocycles. The molecule has 7 heteroatoms. The summed E-state index contributed by atoms with van der Waals surface area (Å²) in [5, 5.41) is 10.2. The lowest BCUT2D eigenvalue weighted by atomic mass is 10.4. The first kappa shape index (κ1) is 12.2. The van der Waals surface area contributed by atoms with Gasteiger partial charge in [0.2, 0.25) is 0 Å². The molecule has 5 nitrogen and oxygen atoms in total. The fourth-order valence-electron chi connectivity index (χ4n) is 0.971. The van der Waals surface area contributed by atoms with Crippen LogP contribution in [-0.2, 0) is 14.8 Å². The lowest BCUT2D eigenvalue weighted by molar-refractivity contribution is -0.138. The van der Waals surface area contributed by atoms with Crippen molar-refractivity contribution in [2.24, 2.45) is 0 Å². The molecule has 0 radical (unpaired) electrons. The van der Waals surface area contributed by atoms with Crippen molar-refractivity contribution in [2.45, 2.75) is 24.1 Å². The lowest BCUT2D eigenvalue weighted by Gasteiger charge is -2.09. The van der Waals surface area contributed by atoms with E-state index in [-0.39, 0.29) is 4.21 Å². The zero-order valence-electron chi connectivity index (χ0n) is 8.22. The first-order valence-electron chi connectivity index (χ1n) is 4.14. The molecule has 0 aliphatic carbocycles. The van der Waals surface area contributed by atoms with Crippen LogP contribution in [0.3, 0.4) is 0 Å². The van der Waals surface area contributed by atoms with Gasteiger partial charge in [0.05, 0.1) is 0 Å². The number of sulfonamides is 1. The van der Waals surface area contributed by atoms with Crippen molar-refractivity contribution in [1.82, 2.24) is 4.72 Å². The summed E-state index contributed by atoms with van der Waals surface area (Å²) in [5.74, 6) is -1.20. The highest BCUT2D eigenvalue weighted by molar-refractivity contribution is 7.91. The van der Waals surface area contributed by atoms with Gasteiger partial charge in [-0.05, 0) is 30.9 Å². The Morgan fingerprint density at radius 3 is 2.60 bits per heavy atom. The van der Waals surface area contributed by atoms with E-state index < -0.39 is 22.0 Å². The average Bonchev–Trinajstić information content (AvgIpc) is 2.50. The number of nitrogens with one attached hydrogen (secondary N) is 1. The van der Waals surface area contributed by atoms with Crippen LogP contribution in [0.5, 0.6) is 0 Å². The van der Waals surface area contributed by atoms with Crippen molar-refractivity contribution >= 4 is 27.3 Å². The van der Waals surface area contributed by atoms with Crippen LogP contribution in [0.25, 0.3) is 0 Å². The summed E-state index contributed by atoms with van der Waals surface area (Å²) in [4.78, 5) is 10.5. The zero-order chi connectivity index (χ0) is 11.6. The Morgan fingerprint density at radius 1 is 1.60 bits per heavy atom. The molecule has 0 aliphatic rings. The minimum absolute atomic E-state index is 0.163. The predicted molar refractivity (Wildman–Crippen MR) is 56.5 cm³/mol. The van der Waals surface area contributed by atoms with Gasteiger partial charge in [-0.2, -0.15) is 4.72 Å². The van der Waals surface area contributed by atoms with Crippen molar-refractivity contribution in [3.05, 3.63) is 17.0 Å². The van der Waals surface area contributed by atoms with Gasteiger partial charge in [0, 0.05) is 0 Å². The largest absolute Gasteiger partial charge is 0.480 e. The molecular weight excluding hydrogens is 238 g/mol. The molecule has 0 spiro atoms. The Balaban J connectivity index is 2.96. The summed E-state index contributed by atoms with van der Waals surface area (Å²) < 4.78 is 25.6. The number of carboxylic acid groups (broad SMARTS) is 1. The number of thiophene rings is 1. The molecule has 0 fully saturated rings. The van der Waals surface area contributed by atoms with Gasteiger partial charge in [-0.1, -0.05) is 0 Å². The van der Waals surface area contributed by atoms with Gasteiger partial charge in [0.25, 0.3) is 10.0 Å². The fraction of sp³-hybridized carbons (Fsp3) is 0.375. The predicted octanol–water partition coefficient (Wildman–Crippen LogP) is 0.808. The van der Waals surface area contributed by atoms with Crippen LogP contribution in [0, 0.1) is 6.92 Å². The molecule has 0 bridgehead atoms. The number of carbonyl (C=O) groups is 1. The topological polar surface area (TPSA) is 83.5 Å². The summed E-state index contributed by atoms with van der Waals surface area (Å²) in [7, 11) is -3.70. The molecule has 0 saturated carbocycles. The van der Waals surface area contributed by atoms with Crippen LogP contribution in [-0.4, -0.2) is 25.5 Å². The Bertz CT molecular complexity index is 463. The highest BCUT2D eigenvalue weighted by atomic mass is 32.2. The van der Waals surface area contributed by atoms with Gasteiger partial charge >= 0.3 is 5.97 Å². The van der Waals surface area contributed by atoms with Gasteiger partial charge in [0.15, 0.2) is 0 Å². The van der Waals surface area contributed by atoms with Crippen LogP contribution in [0.1, 0.15) is 12.5 Å². The normalized spacial score (nSPS) is 13.7. The zero-order valence-corrected chi connectivity index (χ0v) is 9.85. The summed E-state index contributed by atoms with van der Waals surface area (Å²) in [5.41, 5.74) is 0.616. The van der Waals surface area contributed by atoms with Crippen LogP contribution in [0.15, 0.2) is 15.7 Å². The molecule has 1 heterocycles. The Labute approximate surface area is 91.8 Å². The molecule has 1 unspecified atom stereocenters. The number of hydrogen-bond donors (Lipinski definition) is 2. The molecule has 0 aromatic carbocycles. The monoisotopic (exact) mass is 249 g/mol. The second-order valence-electron chi connectivity index (χ2n) is 3.07. The minimum atomic E-state index is -3.70. The summed E-state index contributed by atoms with van der Waals surface area (Å²) in [6.45, 7) is 2.94. The van der Waals surface area contributed by atoms with E-state index in [1.165, 1.54) is 6.92 Å². The number of aliphatic carboxylic acids is 1. The van der Waals surface area contributed by atoms with Crippen LogP contribution in [0.4, 0.5) is 0 Å². The molecule has 0 amide bonds. The van der Waals surface area contributed by atoms with Gasteiger partial charge in [-0.15, -0.1) is 11.3 Å². The quantitative estimate of drug-likeness (QED) is 0.827. The first-order valence-corrected chi connectivity index (χ1v) is 6.50. The van der Waals surface area contributed by atoms with Gasteiger partial charge in [0.1, 0.15) is 10.3 Å². The number of rotatable bonds is 4. The summed E-state index contributed by atoms with van der Waals surface area (Å²) in [6, 6.07) is 0.543. The number of aryl methyl sites for hydroxylation is 1. The lowest BCUT2D eigenvalue weighted by Crippen LogP contribution is -2.38. The van der Waals surface area contributed by atoms with Crippen molar-refractivity contribution in [3.63, 3.8) is 0 Å². The van der Waals surface area contributed by atoms with Crippen molar-refractivity contribution in [2.75, 3.05) is 0 Å². The molecular formula is C8H11NO4S2. The molecule has 15 heavy (non-hydrogen) atoms. The van der Waals surface area contributed by atoms with Crippen LogP contribution in [0.2, 0.25) is 0 Å². The van der Waals surface area contributed by atoms with Crippen LogP contribution >= 0.6 is 11.3 Å². The molecule has 2 N–H and O–H groups in total. The highest BCUT2D eigenvalue weighted by Crippen LogP contribution is 2.21. The number of hydrogen-bond acceptors (Lipinski definition) is 4. The van der Waals surface area contributed by atoms with Crippen molar-refractivity contribution in [3.8, 4) is 0 Å². The summed E-state index contributed by atoms with van der Waals surface area (Å²) in [6.07, 6.45) is 0. The molecule has 1 rings (SSSR count). The molecule has 1 atom stereocenters. The third-order valence-electron chi connectivity index (χ3n) is 1.76. The number of carboxylic acids is 1. The van der Waals surface area contributed by atoms with Gasteiger partial charge in [-0.3, -0.25) is 4.79 Å². The first-order chi connectivity index (χ1) is 6.84. The fourth-order valence-corrected chi connectivity index (χ4v) is 3.60. The van der Waals surface area contributed by atoms with E-state index in [0.29, 0.717) is 5.56 Å². The van der Waals surface area contributed by atoms with Crippen molar-refractivity contribution < 1.29 is 18.3 Å². The standard InChI is InChI=1S/C8H11NO4S2/c1-5-3-4-14-8(5)15(12,13)9-6(2)7(10)11/h3-4,6,9H,1-2H3,(H,10,11). The van der Waals surface area contributed by atoms with Crippen molar-refractivity contribution in [1.29, 1.82) is 0 Å². The maximum absolute atomic E-state index is 11.7. The third-order valence-corrected chi connectivity index (χ3v) is 4.99. The van der Waals surface area contributed by atoms with E-state index in [1.54, 1.807) is 18.4 Å². The average molecular weight is 249 g/mol. The Kier molecular flexibility index (Phi) is 3.48. The summed E-state index contributed by atoms with van der Waals surface area (Å²) >= 11 is 1.07. The van der Waals surface area contributed by atoms with E-state index in [0.717, 1.165) is 11.3 Å². The SMILES string of the molecule is Cc1ccsc1S(=O)(=O)NC(C)C(=O)O. The maximum Gasteiger partial charge on any atom is 0.321 e. The molecule has 1 aromatic rings. The Hall–Kier alpha value is -0.920. The van der Waals surface area contributed by atoms with E-state index in [4.69, 9.17) is 5.11 Å². The van der Waals surface area contributed by atoms with Gasteiger partial charge in [-0.25, -0.2) is 8.42 Å². The highest BCUT2D eigenvalue weighted by Gasteiger charge is 2.23. The molecule has 84 valence electrons. The van der Waals surface area contributed by atoms with Gasteiger partial charge < -0.3 is 5.11 Å². The third kappa shape index (κ3) is 2.77. The minimum Gasteiger partial charge on any atom is -0.480 e. The van der Waals surface area contributed by atoms with E-state index >= 15 is 0 Å². The van der Waals surface area contributed by atoms with E-state index in [2.05, 4.69) is 4.72 Å².